The average Bonchev–Trinajstić information content (AvgIpc) is 3.75. The zero-order valence-corrected chi connectivity index (χ0v) is 43.4. The van der Waals surface area contributed by atoms with Crippen molar-refractivity contribution >= 4 is 34.1 Å². The molecule has 12 rings (SSSR count). The molecule has 3 aliphatic carbocycles. The summed E-state index contributed by atoms with van der Waals surface area (Å²) in [6.45, 7) is 9.52. The van der Waals surface area contributed by atoms with Crippen molar-refractivity contribution in [2.45, 2.75) is 95.0 Å². The first kappa shape index (κ1) is 48.8. The summed E-state index contributed by atoms with van der Waals surface area (Å²) in [6, 6.07) is 50.1. The number of hydrogen-bond acceptors (Lipinski definition) is 4. The number of allylic oxidation sites excluding steroid dienone is 4. The monoisotopic (exact) mass is 997 g/mol. The summed E-state index contributed by atoms with van der Waals surface area (Å²) in [5.74, 6) is -0.0257. The molecule has 7 aromatic rings. The Hall–Kier alpha value is -7.09. The number of amides is 1. The van der Waals surface area contributed by atoms with E-state index in [1.54, 1.807) is 6.08 Å². The van der Waals surface area contributed by atoms with Gasteiger partial charge in [-0.15, -0.1) is 0 Å². The average molecular weight is 997 g/mol. The van der Waals surface area contributed by atoms with Crippen molar-refractivity contribution in [3.63, 3.8) is 0 Å². The maximum atomic E-state index is 16.3. The van der Waals surface area contributed by atoms with Crippen LogP contribution in [0.1, 0.15) is 128 Å². The predicted molar refractivity (Wildman–Crippen MR) is 302 cm³/mol. The van der Waals surface area contributed by atoms with Crippen molar-refractivity contribution in [1.29, 1.82) is 0 Å². The van der Waals surface area contributed by atoms with E-state index in [0.29, 0.717) is 36.1 Å². The van der Waals surface area contributed by atoms with Crippen molar-refractivity contribution in [3.05, 3.63) is 214 Å². The van der Waals surface area contributed by atoms with Gasteiger partial charge in [-0.05, 0) is 136 Å². The lowest BCUT2D eigenvalue weighted by atomic mass is 9.72. The van der Waals surface area contributed by atoms with Crippen LogP contribution >= 0.6 is 0 Å². The summed E-state index contributed by atoms with van der Waals surface area (Å²) in [5, 5.41) is 4.88. The van der Waals surface area contributed by atoms with Gasteiger partial charge in [0.05, 0.1) is 13.2 Å². The number of unbranched alkanes of at least 4 members (excludes halogenated alkanes) is 2. The minimum absolute atomic E-state index is 0.180. The molecule has 1 N–H and O–H groups in total. The van der Waals surface area contributed by atoms with E-state index < -0.39 is 34.5 Å². The second kappa shape index (κ2) is 20.2. The van der Waals surface area contributed by atoms with E-state index in [2.05, 4.69) is 122 Å². The first-order chi connectivity index (χ1) is 36.6. The van der Waals surface area contributed by atoms with Gasteiger partial charge < -0.3 is 19.7 Å². The van der Waals surface area contributed by atoms with Crippen molar-refractivity contribution in [2.75, 3.05) is 36.5 Å². The molecule has 5 nitrogen and oxygen atoms in total. The molecule has 3 unspecified atom stereocenters. The molecule has 1 saturated heterocycles. The highest BCUT2D eigenvalue weighted by Gasteiger charge is 2.53. The normalized spacial score (nSPS) is 22.6. The maximum absolute atomic E-state index is 16.3. The van der Waals surface area contributed by atoms with E-state index in [9.17, 15) is 4.79 Å². The quantitative estimate of drug-likeness (QED) is 0.124. The maximum Gasteiger partial charge on any atom is 0.255 e. The van der Waals surface area contributed by atoms with Crippen LogP contribution in [0.25, 0.3) is 39.1 Å². The van der Waals surface area contributed by atoms with Gasteiger partial charge >= 0.3 is 0 Å². The summed E-state index contributed by atoms with van der Waals surface area (Å²) >= 11 is 0. The molecule has 0 radical (unpaired) electrons. The largest absolute Gasteiger partial charge is 0.472 e. The van der Waals surface area contributed by atoms with Gasteiger partial charge in [-0.3, -0.25) is 4.79 Å². The molecule has 2 fully saturated rings. The summed E-state index contributed by atoms with van der Waals surface area (Å²) in [7, 11) is 0. The summed E-state index contributed by atoms with van der Waals surface area (Å²) < 4.78 is 44.9. The van der Waals surface area contributed by atoms with Gasteiger partial charge in [0.25, 0.3) is 5.91 Å². The highest BCUT2D eigenvalue weighted by molar-refractivity contribution is 6.05. The second-order valence-corrected chi connectivity index (χ2v) is 22.2. The number of benzene rings is 7. The van der Waals surface area contributed by atoms with E-state index in [1.165, 1.54) is 56.9 Å². The number of nitrogens with one attached hydrogen (secondary N) is 1. The number of fused-ring (bicyclic) bond motifs is 8. The summed E-state index contributed by atoms with van der Waals surface area (Å²) in [4.78, 5) is 16.0. The van der Waals surface area contributed by atoms with Gasteiger partial charge in [-0.25, -0.2) is 8.78 Å². The van der Waals surface area contributed by atoms with Crippen LogP contribution in [0.2, 0.25) is 0 Å². The van der Waals surface area contributed by atoms with E-state index in [-0.39, 0.29) is 5.91 Å². The number of hydrogen-bond donors (Lipinski definition) is 1. The summed E-state index contributed by atoms with van der Waals surface area (Å²) in [5.41, 5.74) is 11.0. The lowest BCUT2D eigenvalue weighted by molar-refractivity contribution is 0.102. The smallest absolute Gasteiger partial charge is 0.255 e. The molecule has 2 heterocycles. The molecular weight excluding hydrogens is 931 g/mol. The molecule has 0 spiro atoms. The van der Waals surface area contributed by atoms with Crippen molar-refractivity contribution in [3.8, 4) is 28.0 Å². The molecule has 2 aliphatic heterocycles. The van der Waals surface area contributed by atoms with Crippen LogP contribution in [0.15, 0.2) is 175 Å². The van der Waals surface area contributed by atoms with Crippen LogP contribution in [-0.2, 0) is 15.8 Å². The Labute approximate surface area is 441 Å². The highest BCUT2D eigenvalue weighted by Crippen LogP contribution is 2.62. The van der Waals surface area contributed by atoms with Gasteiger partial charge in [-0.1, -0.05) is 156 Å². The molecule has 3 atom stereocenters. The van der Waals surface area contributed by atoms with Crippen molar-refractivity contribution in [2.24, 2.45) is 11.8 Å². The number of carbonyl (C=O) groups is 1. The van der Waals surface area contributed by atoms with Crippen LogP contribution in [0.5, 0.6) is 5.75 Å². The summed E-state index contributed by atoms with van der Waals surface area (Å²) in [6.07, 6.45) is 17.6. The van der Waals surface area contributed by atoms with Crippen LogP contribution in [0.4, 0.5) is 20.2 Å². The minimum atomic E-state index is -0.981. The topological polar surface area (TPSA) is 50.8 Å². The van der Waals surface area contributed by atoms with Gasteiger partial charge in [0.15, 0.2) is 5.60 Å². The van der Waals surface area contributed by atoms with Gasteiger partial charge in [0.1, 0.15) is 17.4 Å². The minimum Gasteiger partial charge on any atom is -0.472 e. The Morgan fingerprint density at radius 3 is 2.08 bits per heavy atom. The van der Waals surface area contributed by atoms with E-state index in [0.717, 1.165) is 91.6 Å². The fourth-order valence-corrected chi connectivity index (χ4v) is 13.4. The highest BCUT2D eigenvalue weighted by atomic mass is 19.1. The standard InChI is InChI=1S/C68H66F2N2O3/c1-4-5-7-10-44-13-15-45(16-14-44)46-17-19-47(20-18-46)48-21-23-50(24-22-48)66(73)71-55-30-25-49(26-31-55)51-27-34-57-59(41-51)62-60-42-54(69)43-61(70)63(60)67(2,3)64(62)58-35-36-68(75-65(57)58,52-11-8-6-9-12-52)53-28-32-56(33-29-53)72-37-39-74-40-38-72/h6,8-9,11-12,17-36,41-45,60,63H,4-5,7,10,13-16,37-40H2,1-3H3,(H,71,73). The SMILES string of the molecule is CCCCCC1CCC(c2ccc(-c3ccc(C(=O)Nc4ccc(-c5ccc6c7c(c8c(c6c5)C5C=C(F)C=C(F)C5C8(C)C)C=CC(c5ccccc5)(c5ccc(N6CCOCC6)cc5)O7)cc4)cc3)cc2)CC1. The van der Waals surface area contributed by atoms with E-state index >= 15 is 8.78 Å². The molecular formula is C68H66F2N2O3. The molecule has 7 heteroatoms. The van der Waals surface area contributed by atoms with Crippen LogP contribution < -0.4 is 15.0 Å². The van der Waals surface area contributed by atoms with Gasteiger partial charge in [-0.2, -0.15) is 0 Å². The third-order valence-corrected chi connectivity index (χ3v) is 17.4. The van der Waals surface area contributed by atoms with Crippen LogP contribution in [-0.4, -0.2) is 32.2 Å². The zero-order valence-electron chi connectivity index (χ0n) is 43.4. The van der Waals surface area contributed by atoms with E-state index in [1.807, 2.05) is 66.7 Å². The second-order valence-electron chi connectivity index (χ2n) is 22.2. The molecule has 380 valence electrons. The fourth-order valence-electron chi connectivity index (χ4n) is 13.4. The number of ether oxygens (including phenoxy) is 2. The van der Waals surface area contributed by atoms with Crippen molar-refractivity contribution in [1.82, 2.24) is 0 Å². The first-order valence-electron chi connectivity index (χ1n) is 27.5. The number of carbonyl (C=O) groups excluding carboxylic acids is 1. The Bertz CT molecular complexity index is 3330. The van der Waals surface area contributed by atoms with Crippen LogP contribution in [0, 0.1) is 11.8 Å². The molecule has 0 aromatic heterocycles. The molecule has 75 heavy (non-hydrogen) atoms. The Balaban J connectivity index is 0.822. The van der Waals surface area contributed by atoms with Gasteiger partial charge in [0, 0.05) is 75.4 Å². The first-order valence-corrected chi connectivity index (χ1v) is 27.5. The lowest BCUT2D eigenvalue weighted by Crippen LogP contribution is -2.37. The number of rotatable bonds is 12. The number of nitrogens with zero attached hydrogens (tertiary/aromatic N) is 1. The Kier molecular flexibility index (Phi) is 13.2. The van der Waals surface area contributed by atoms with Crippen LogP contribution in [0.3, 0.4) is 0 Å². The molecule has 0 bridgehead atoms. The molecule has 1 amide bonds. The fraction of sp³-hybridized carbons (Fsp3) is 0.309. The molecule has 5 aliphatic rings. The Morgan fingerprint density at radius 1 is 0.720 bits per heavy atom. The predicted octanol–water partition coefficient (Wildman–Crippen LogP) is 17.2. The molecule has 7 aromatic carbocycles. The number of anilines is 2. The molecule has 1 saturated carbocycles. The van der Waals surface area contributed by atoms with Crippen molar-refractivity contribution < 1.29 is 23.0 Å². The van der Waals surface area contributed by atoms with Gasteiger partial charge in [0.2, 0.25) is 0 Å². The zero-order chi connectivity index (χ0) is 51.3. The lowest BCUT2D eigenvalue weighted by Gasteiger charge is -2.39. The third kappa shape index (κ3) is 9.11. The third-order valence-electron chi connectivity index (χ3n) is 17.4. The number of halogens is 2. The number of morpholine rings is 1. The van der Waals surface area contributed by atoms with E-state index in [4.69, 9.17) is 9.47 Å². The Morgan fingerprint density at radius 2 is 1.37 bits per heavy atom.